The summed E-state index contributed by atoms with van der Waals surface area (Å²) in [6.07, 6.45) is 1.50. The number of nitrogens with zero attached hydrogens (tertiary/aromatic N) is 1. The molecule has 0 fully saturated rings. The minimum atomic E-state index is -0.505. The van der Waals surface area contributed by atoms with Crippen molar-refractivity contribution in [3.63, 3.8) is 0 Å². The van der Waals surface area contributed by atoms with Crippen molar-refractivity contribution in [2.24, 2.45) is 0 Å². The number of rotatable bonds is 7. The van der Waals surface area contributed by atoms with Crippen molar-refractivity contribution in [2.45, 2.75) is 19.3 Å². The molecule has 2 aromatic carbocycles. The van der Waals surface area contributed by atoms with Crippen LogP contribution in [0.2, 0.25) is 0 Å². The predicted molar refractivity (Wildman–Crippen MR) is 98.5 cm³/mol. The average Bonchev–Trinajstić information content (AvgIpc) is 3.03. The number of hydrogen-bond acceptors (Lipinski definition) is 5. The summed E-state index contributed by atoms with van der Waals surface area (Å²) in [5, 5.41) is 3.45. The summed E-state index contributed by atoms with van der Waals surface area (Å²) in [7, 11) is 0. The highest BCUT2D eigenvalue weighted by atomic mass is 32.1. The lowest BCUT2D eigenvalue weighted by molar-refractivity contribution is -0.147. The highest BCUT2D eigenvalue weighted by molar-refractivity contribution is 7.18. The average molecular weight is 372 g/mol. The van der Waals surface area contributed by atoms with Crippen LogP contribution in [0, 0.1) is 5.82 Å². The molecule has 1 N–H and O–H groups in total. The smallest absolute Gasteiger partial charge is 0.306 e. The molecule has 0 spiro atoms. The number of benzene rings is 2. The zero-order chi connectivity index (χ0) is 18.4. The van der Waals surface area contributed by atoms with E-state index in [9.17, 15) is 14.0 Å². The highest BCUT2D eigenvalue weighted by Crippen LogP contribution is 2.22. The van der Waals surface area contributed by atoms with Crippen LogP contribution in [-0.2, 0) is 20.7 Å². The largest absolute Gasteiger partial charge is 0.456 e. The summed E-state index contributed by atoms with van der Waals surface area (Å²) >= 11 is 1.61. The van der Waals surface area contributed by atoms with Crippen LogP contribution >= 0.6 is 11.3 Å². The molecule has 0 atom stereocenters. The number of nitrogens with one attached hydrogen (secondary N) is 1. The maximum atomic E-state index is 13.0. The highest BCUT2D eigenvalue weighted by Gasteiger charge is 2.09. The van der Waals surface area contributed by atoms with Crippen LogP contribution in [0.25, 0.3) is 10.2 Å². The second-order valence-electron chi connectivity index (χ2n) is 5.65. The molecule has 1 amide bonds. The quantitative estimate of drug-likeness (QED) is 0.638. The van der Waals surface area contributed by atoms with Crippen LogP contribution < -0.4 is 5.32 Å². The number of halogens is 1. The Labute approximate surface area is 153 Å². The van der Waals surface area contributed by atoms with E-state index in [1.165, 1.54) is 18.2 Å². The van der Waals surface area contributed by atoms with Crippen LogP contribution in [0.3, 0.4) is 0 Å². The van der Waals surface area contributed by atoms with E-state index in [1.54, 1.807) is 17.4 Å². The van der Waals surface area contributed by atoms with E-state index in [4.69, 9.17) is 4.74 Å². The molecule has 26 heavy (non-hydrogen) atoms. The summed E-state index contributed by atoms with van der Waals surface area (Å²) in [4.78, 5) is 28.0. The van der Waals surface area contributed by atoms with Crippen molar-refractivity contribution in [3.8, 4) is 0 Å². The first-order valence-corrected chi connectivity index (χ1v) is 8.97. The molecule has 0 saturated heterocycles. The lowest BCUT2D eigenvalue weighted by Crippen LogP contribution is -2.20. The fourth-order valence-corrected chi connectivity index (χ4v) is 3.40. The molecule has 0 bridgehead atoms. The van der Waals surface area contributed by atoms with Gasteiger partial charge in [-0.05, 0) is 43.2 Å². The molecule has 7 heteroatoms. The number of carbonyl (C=O) groups is 2. The number of fused-ring (bicyclic) bond motifs is 1. The van der Waals surface area contributed by atoms with E-state index in [0.717, 1.165) is 15.2 Å². The Bertz CT molecular complexity index is 893. The van der Waals surface area contributed by atoms with Gasteiger partial charge in [-0.3, -0.25) is 9.59 Å². The Morgan fingerprint density at radius 2 is 2.00 bits per heavy atom. The van der Waals surface area contributed by atoms with Gasteiger partial charge in [-0.15, -0.1) is 11.3 Å². The molecule has 134 valence electrons. The monoisotopic (exact) mass is 372 g/mol. The van der Waals surface area contributed by atoms with Gasteiger partial charge in [0.25, 0.3) is 5.91 Å². The number of hydrogen-bond donors (Lipinski definition) is 1. The van der Waals surface area contributed by atoms with Crippen molar-refractivity contribution in [3.05, 3.63) is 59.4 Å². The number of para-hydroxylation sites is 1. The van der Waals surface area contributed by atoms with Gasteiger partial charge in [0, 0.05) is 12.1 Å². The SMILES string of the molecule is O=C(COC(=O)CCCc1nc2ccccc2s1)Nc1cccc(F)c1. The third-order valence-corrected chi connectivity index (χ3v) is 4.68. The normalized spacial score (nSPS) is 10.7. The van der Waals surface area contributed by atoms with E-state index in [2.05, 4.69) is 10.3 Å². The molecule has 0 unspecified atom stereocenters. The Kier molecular flexibility index (Phi) is 5.91. The van der Waals surface area contributed by atoms with Gasteiger partial charge in [0.1, 0.15) is 5.82 Å². The zero-order valence-corrected chi connectivity index (χ0v) is 14.7. The zero-order valence-electron chi connectivity index (χ0n) is 13.9. The van der Waals surface area contributed by atoms with Crippen molar-refractivity contribution in [2.75, 3.05) is 11.9 Å². The predicted octanol–water partition coefficient (Wildman–Crippen LogP) is 3.94. The second kappa shape index (κ2) is 8.53. The molecule has 1 heterocycles. The molecule has 3 rings (SSSR count). The van der Waals surface area contributed by atoms with Gasteiger partial charge >= 0.3 is 5.97 Å². The number of thiazole rings is 1. The van der Waals surface area contributed by atoms with Crippen LogP contribution in [0.4, 0.5) is 10.1 Å². The first kappa shape index (κ1) is 18.0. The summed E-state index contributed by atoms with van der Waals surface area (Å²) in [6.45, 7) is -0.392. The molecule has 0 aliphatic heterocycles. The Balaban J connectivity index is 1.38. The summed E-state index contributed by atoms with van der Waals surface area (Å²) in [6, 6.07) is 13.4. The fraction of sp³-hybridized carbons (Fsp3) is 0.211. The molecular weight excluding hydrogens is 355 g/mol. The fourth-order valence-electron chi connectivity index (χ4n) is 2.39. The van der Waals surface area contributed by atoms with Crippen LogP contribution in [0.5, 0.6) is 0 Å². The van der Waals surface area contributed by atoms with E-state index < -0.39 is 24.3 Å². The maximum Gasteiger partial charge on any atom is 0.306 e. The third kappa shape index (κ3) is 5.10. The number of aryl methyl sites for hydroxylation is 1. The minimum absolute atomic E-state index is 0.211. The van der Waals surface area contributed by atoms with Crippen LogP contribution in [0.15, 0.2) is 48.5 Å². The Morgan fingerprint density at radius 1 is 1.15 bits per heavy atom. The van der Waals surface area contributed by atoms with Gasteiger partial charge in [0.2, 0.25) is 0 Å². The summed E-state index contributed by atoms with van der Waals surface area (Å²) in [5.74, 6) is -1.40. The van der Waals surface area contributed by atoms with Crippen molar-refractivity contribution >= 4 is 39.1 Å². The van der Waals surface area contributed by atoms with E-state index in [0.29, 0.717) is 18.5 Å². The summed E-state index contributed by atoms with van der Waals surface area (Å²) < 4.78 is 19.1. The van der Waals surface area contributed by atoms with Gasteiger partial charge in [-0.1, -0.05) is 18.2 Å². The molecular formula is C19H17FN2O3S. The van der Waals surface area contributed by atoms with Crippen LogP contribution in [0.1, 0.15) is 17.8 Å². The lowest BCUT2D eigenvalue weighted by Gasteiger charge is -2.06. The van der Waals surface area contributed by atoms with Crippen LogP contribution in [-0.4, -0.2) is 23.5 Å². The maximum absolute atomic E-state index is 13.0. The minimum Gasteiger partial charge on any atom is -0.456 e. The van der Waals surface area contributed by atoms with Gasteiger partial charge in [0.15, 0.2) is 6.61 Å². The number of aromatic nitrogens is 1. The Morgan fingerprint density at radius 3 is 2.81 bits per heavy atom. The van der Waals surface area contributed by atoms with Gasteiger partial charge in [0.05, 0.1) is 15.2 Å². The number of anilines is 1. The molecule has 0 saturated carbocycles. The molecule has 5 nitrogen and oxygen atoms in total. The number of esters is 1. The third-order valence-electron chi connectivity index (χ3n) is 3.58. The number of carbonyl (C=O) groups excluding carboxylic acids is 2. The molecule has 1 aromatic heterocycles. The number of ether oxygens (including phenoxy) is 1. The molecule has 0 aliphatic rings. The molecule has 3 aromatic rings. The first-order chi connectivity index (χ1) is 12.6. The van der Waals surface area contributed by atoms with Crippen molar-refractivity contribution < 1.29 is 18.7 Å². The van der Waals surface area contributed by atoms with E-state index in [1.807, 2.05) is 24.3 Å². The number of amides is 1. The topological polar surface area (TPSA) is 68.3 Å². The second-order valence-corrected chi connectivity index (χ2v) is 6.76. The van der Waals surface area contributed by atoms with Gasteiger partial charge in [-0.25, -0.2) is 9.37 Å². The van der Waals surface area contributed by atoms with E-state index in [-0.39, 0.29) is 6.42 Å². The molecule has 0 radical (unpaired) electrons. The van der Waals surface area contributed by atoms with E-state index >= 15 is 0 Å². The molecule has 0 aliphatic carbocycles. The van der Waals surface area contributed by atoms with Crippen molar-refractivity contribution in [1.29, 1.82) is 0 Å². The van der Waals surface area contributed by atoms with Crippen molar-refractivity contribution in [1.82, 2.24) is 4.98 Å². The van der Waals surface area contributed by atoms with Gasteiger partial charge < -0.3 is 10.1 Å². The first-order valence-electron chi connectivity index (χ1n) is 8.15. The van der Waals surface area contributed by atoms with Gasteiger partial charge in [-0.2, -0.15) is 0 Å². The lowest BCUT2D eigenvalue weighted by atomic mass is 10.2. The standard InChI is InChI=1S/C19H17FN2O3S/c20-13-5-3-6-14(11-13)21-17(23)12-25-19(24)10-4-9-18-22-15-7-1-2-8-16(15)26-18/h1-3,5-8,11H,4,9-10,12H2,(H,21,23). The summed E-state index contributed by atoms with van der Waals surface area (Å²) in [5.41, 5.74) is 1.28. The Hall–Kier alpha value is -2.80.